The van der Waals surface area contributed by atoms with Crippen LogP contribution in [0, 0.1) is 5.92 Å². The van der Waals surface area contributed by atoms with Crippen molar-refractivity contribution in [3.63, 3.8) is 0 Å². The number of hydrogen-bond donors (Lipinski definition) is 0. The van der Waals surface area contributed by atoms with Crippen molar-refractivity contribution >= 4 is 39.3 Å². The van der Waals surface area contributed by atoms with Crippen LogP contribution in [0.1, 0.15) is 78.9 Å². The van der Waals surface area contributed by atoms with Crippen LogP contribution < -0.4 is 0 Å². The van der Waals surface area contributed by atoms with Crippen molar-refractivity contribution in [1.82, 2.24) is 29.2 Å². The number of fused-ring (bicyclic) bond motifs is 2. The van der Waals surface area contributed by atoms with Gasteiger partial charge in [-0.2, -0.15) is 0 Å². The van der Waals surface area contributed by atoms with Crippen molar-refractivity contribution < 1.29 is 9.59 Å². The van der Waals surface area contributed by atoms with Crippen molar-refractivity contribution in [2.75, 3.05) is 26.2 Å². The number of carbonyl (C=O) groups is 2. The van der Waals surface area contributed by atoms with Crippen molar-refractivity contribution in [2.45, 2.75) is 83.0 Å². The Morgan fingerprint density at radius 2 is 1.80 bits per heavy atom. The Labute approximate surface area is 309 Å². The Kier molecular flexibility index (Phi) is 11.3. The highest BCUT2D eigenvalue weighted by Crippen LogP contribution is 2.39. The van der Waals surface area contributed by atoms with E-state index in [2.05, 4.69) is 56.1 Å². The summed E-state index contributed by atoms with van der Waals surface area (Å²) < 4.78 is 3.00. The average Bonchev–Trinajstić information content (AvgIpc) is 3.60. The number of nitrogens with zero attached hydrogens (tertiary/aromatic N) is 6. The van der Waals surface area contributed by atoms with E-state index in [9.17, 15) is 4.79 Å². The summed E-state index contributed by atoms with van der Waals surface area (Å²) in [4.78, 5) is 44.8. The highest BCUT2D eigenvalue weighted by Gasteiger charge is 2.42. The minimum Gasteiger partial charge on any atom is -0.337 e. The lowest BCUT2D eigenvalue weighted by Crippen LogP contribution is -2.61. The van der Waals surface area contributed by atoms with E-state index in [0.29, 0.717) is 45.1 Å². The number of carbonyl (C=O) groups excluding carboxylic acids is 2. The molecule has 2 fully saturated rings. The summed E-state index contributed by atoms with van der Waals surface area (Å²) in [5.41, 5.74) is 5.68. The summed E-state index contributed by atoms with van der Waals surface area (Å²) in [5.74, 6) is 0.521. The molecule has 2 aromatic carbocycles. The van der Waals surface area contributed by atoms with Crippen molar-refractivity contribution in [3.8, 4) is 0 Å². The predicted octanol–water partition coefficient (Wildman–Crippen LogP) is 7.48. The summed E-state index contributed by atoms with van der Waals surface area (Å²) in [7, 11) is 0. The fourth-order valence-corrected chi connectivity index (χ4v) is 8.80. The van der Waals surface area contributed by atoms with Gasteiger partial charge in [0, 0.05) is 73.8 Å². The van der Waals surface area contributed by atoms with Crippen LogP contribution >= 0.6 is 27.5 Å². The molecule has 2 aromatic heterocycles. The standard InChI is InChI=1S/C40H46BrClN6O2/c41-33-23-32-13-12-31-24-34(42)14-15-35(31)39(38(32)44-25-33)46-20-21-48(37(49)22-29-8-3-1-4-9-29)36(27-46)40(50)47(26-30-10-5-2-6-11-30)18-7-17-45-19-16-43-28-45/h2,5-6,10-11,14-16,19,23-25,28-29,36,39H,1,3-4,7-9,12-13,17-18,20-22,26-27H2/t36-,39+/m1/s1. The lowest BCUT2D eigenvalue weighted by Gasteiger charge is -2.45. The molecule has 1 aliphatic heterocycles. The van der Waals surface area contributed by atoms with Gasteiger partial charge in [0.15, 0.2) is 0 Å². The number of hydrogen-bond acceptors (Lipinski definition) is 5. The molecular formula is C40H46BrClN6O2. The van der Waals surface area contributed by atoms with Gasteiger partial charge in [-0.3, -0.25) is 19.5 Å². The van der Waals surface area contributed by atoms with E-state index in [4.69, 9.17) is 16.6 Å². The van der Waals surface area contributed by atoms with Crippen LogP contribution in [-0.4, -0.2) is 73.3 Å². The van der Waals surface area contributed by atoms with E-state index in [1.54, 1.807) is 6.20 Å². The minimum absolute atomic E-state index is 0.00937. The topological polar surface area (TPSA) is 74.6 Å². The third-order valence-electron chi connectivity index (χ3n) is 10.8. The van der Waals surface area contributed by atoms with Gasteiger partial charge in [-0.05, 0) is 94.4 Å². The SMILES string of the molecule is O=C([C@H]1CN([C@H]2c3ccc(Cl)cc3CCc3cc(Br)cnc32)CCN1C(=O)CC1CCCCC1)N(CCCn1ccnc1)Cc1ccccc1. The Bertz CT molecular complexity index is 1710. The third kappa shape index (κ3) is 8.16. The lowest BCUT2D eigenvalue weighted by molar-refractivity contribution is -0.151. The number of aryl methyl sites for hydroxylation is 3. The molecule has 2 amide bonds. The van der Waals surface area contributed by atoms with Gasteiger partial charge in [0.25, 0.3) is 0 Å². The maximum absolute atomic E-state index is 15.0. The smallest absolute Gasteiger partial charge is 0.247 e. The molecule has 10 heteroatoms. The number of halogens is 2. The van der Waals surface area contributed by atoms with E-state index in [1.165, 1.54) is 36.0 Å². The average molecular weight is 758 g/mol. The molecule has 4 aromatic rings. The molecule has 0 bridgehead atoms. The lowest BCUT2D eigenvalue weighted by atomic mass is 9.86. The maximum atomic E-state index is 15.0. The van der Waals surface area contributed by atoms with Crippen LogP contribution in [0.3, 0.4) is 0 Å². The Morgan fingerprint density at radius 3 is 2.60 bits per heavy atom. The number of rotatable bonds is 10. The van der Waals surface area contributed by atoms with Crippen LogP contribution in [0.2, 0.25) is 5.02 Å². The van der Waals surface area contributed by atoms with Gasteiger partial charge in [0.2, 0.25) is 11.8 Å². The second kappa shape index (κ2) is 16.2. The van der Waals surface area contributed by atoms with Crippen LogP contribution in [0.5, 0.6) is 0 Å². The van der Waals surface area contributed by atoms with E-state index >= 15 is 4.79 Å². The molecule has 50 heavy (non-hydrogen) atoms. The van der Waals surface area contributed by atoms with Crippen LogP contribution in [-0.2, 0) is 35.5 Å². The number of imidazole rings is 1. The van der Waals surface area contributed by atoms with E-state index in [1.807, 2.05) is 57.4 Å². The molecule has 2 atom stereocenters. The van der Waals surface area contributed by atoms with E-state index in [0.717, 1.165) is 59.4 Å². The van der Waals surface area contributed by atoms with Gasteiger partial charge >= 0.3 is 0 Å². The number of pyridine rings is 1. The Morgan fingerprint density at radius 1 is 0.980 bits per heavy atom. The van der Waals surface area contributed by atoms with Gasteiger partial charge in [0.1, 0.15) is 6.04 Å². The first-order valence-corrected chi connectivity index (χ1v) is 19.3. The highest BCUT2D eigenvalue weighted by molar-refractivity contribution is 9.10. The van der Waals surface area contributed by atoms with Crippen molar-refractivity contribution in [1.29, 1.82) is 0 Å². The number of benzene rings is 2. The van der Waals surface area contributed by atoms with Gasteiger partial charge in [-0.25, -0.2) is 4.98 Å². The molecule has 8 nitrogen and oxygen atoms in total. The summed E-state index contributed by atoms with van der Waals surface area (Å²) in [6.07, 6.45) is 16.3. The first kappa shape index (κ1) is 34.9. The molecule has 1 saturated carbocycles. The summed E-state index contributed by atoms with van der Waals surface area (Å²) in [6.45, 7) is 3.43. The van der Waals surface area contributed by atoms with Crippen LogP contribution in [0.15, 0.2) is 84.0 Å². The fourth-order valence-electron chi connectivity index (χ4n) is 8.23. The van der Waals surface area contributed by atoms with E-state index in [-0.39, 0.29) is 17.9 Å². The van der Waals surface area contributed by atoms with Crippen molar-refractivity contribution in [3.05, 3.63) is 117 Å². The first-order valence-electron chi connectivity index (χ1n) is 18.2. The first-order chi connectivity index (χ1) is 24.4. The normalized spacial score (nSPS) is 19.8. The molecular weight excluding hydrogens is 712 g/mol. The largest absolute Gasteiger partial charge is 0.337 e. The molecule has 2 aliphatic carbocycles. The third-order valence-corrected chi connectivity index (χ3v) is 11.5. The fraction of sp³-hybridized carbons (Fsp3) is 0.450. The second-order valence-electron chi connectivity index (χ2n) is 14.1. The Hall–Kier alpha value is -3.53. The zero-order valence-corrected chi connectivity index (χ0v) is 30.9. The number of aromatic nitrogens is 3. The molecule has 3 heterocycles. The second-order valence-corrected chi connectivity index (χ2v) is 15.5. The molecule has 3 aliphatic rings. The van der Waals surface area contributed by atoms with Gasteiger partial charge in [0.05, 0.1) is 18.1 Å². The molecule has 7 rings (SSSR count). The summed E-state index contributed by atoms with van der Waals surface area (Å²) in [6, 6.07) is 17.8. The maximum Gasteiger partial charge on any atom is 0.247 e. The van der Waals surface area contributed by atoms with Gasteiger partial charge in [-0.1, -0.05) is 67.3 Å². The molecule has 0 unspecified atom stereocenters. The number of piperazine rings is 1. The van der Waals surface area contributed by atoms with Gasteiger partial charge < -0.3 is 14.4 Å². The summed E-state index contributed by atoms with van der Waals surface area (Å²) in [5, 5.41) is 0.723. The predicted molar refractivity (Wildman–Crippen MR) is 200 cm³/mol. The zero-order valence-electron chi connectivity index (χ0n) is 28.6. The highest BCUT2D eigenvalue weighted by atomic mass is 79.9. The van der Waals surface area contributed by atoms with E-state index < -0.39 is 6.04 Å². The summed E-state index contributed by atoms with van der Waals surface area (Å²) >= 11 is 10.2. The number of amides is 2. The molecule has 0 spiro atoms. The van der Waals surface area contributed by atoms with Crippen LogP contribution in [0.4, 0.5) is 0 Å². The quantitative estimate of drug-likeness (QED) is 0.168. The van der Waals surface area contributed by atoms with Crippen molar-refractivity contribution in [2.24, 2.45) is 5.92 Å². The molecule has 262 valence electrons. The molecule has 0 N–H and O–H groups in total. The molecule has 0 radical (unpaired) electrons. The minimum atomic E-state index is -0.602. The zero-order chi connectivity index (χ0) is 34.5. The van der Waals surface area contributed by atoms with Crippen LogP contribution in [0.25, 0.3) is 0 Å². The van der Waals surface area contributed by atoms with Gasteiger partial charge in [-0.15, -0.1) is 0 Å². The molecule has 1 saturated heterocycles. The monoisotopic (exact) mass is 756 g/mol. The Balaban J connectivity index is 1.22.